The van der Waals surface area contributed by atoms with E-state index in [1.165, 1.54) is 37.3 Å². The van der Waals surface area contributed by atoms with Gasteiger partial charge in [-0.3, -0.25) is 4.79 Å². The van der Waals surface area contributed by atoms with Gasteiger partial charge >= 0.3 is 0 Å². The molecule has 6 heteroatoms. The second-order valence-electron chi connectivity index (χ2n) is 6.29. The Morgan fingerprint density at radius 3 is 2.75 bits per heavy atom. The number of likely N-dealkylation sites (tertiary alicyclic amines) is 2. The van der Waals surface area contributed by atoms with Crippen molar-refractivity contribution in [2.45, 2.75) is 25.7 Å². The van der Waals surface area contributed by atoms with Gasteiger partial charge in [-0.05, 0) is 50.8 Å². The summed E-state index contributed by atoms with van der Waals surface area (Å²) in [4.78, 5) is 17.0. The van der Waals surface area contributed by atoms with Gasteiger partial charge in [0.2, 0.25) is 0 Å². The summed E-state index contributed by atoms with van der Waals surface area (Å²) in [6.45, 7) is 4.00. The smallest absolute Gasteiger partial charge is 0.258 e. The van der Waals surface area contributed by atoms with Crippen LogP contribution < -0.4 is 5.73 Å². The van der Waals surface area contributed by atoms with Gasteiger partial charge in [0.1, 0.15) is 5.82 Å². The molecule has 2 saturated heterocycles. The van der Waals surface area contributed by atoms with Gasteiger partial charge in [-0.25, -0.2) is 0 Å². The van der Waals surface area contributed by atoms with Gasteiger partial charge in [-0.1, -0.05) is 0 Å². The molecule has 2 aliphatic heterocycles. The van der Waals surface area contributed by atoms with Gasteiger partial charge in [0.05, 0.1) is 5.56 Å². The number of hydrogen-bond donors (Lipinski definition) is 1. The molecule has 2 N–H and O–H groups in total. The fourth-order valence-electron chi connectivity index (χ4n) is 3.74. The van der Waals surface area contributed by atoms with E-state index in [4.69, 9.17) is 5.73 Å². The van der Waals surface area contributed by atoms with Crippen molar-refractivity contribution in [3.8, 4) is 0 Å². The standard InChI is InChI=1S/C14H22N4OS/c1-17-6-2-4-14(9-17)5-3-7-18(10-14)13(19)11-8-20-16-12(11)15/h8H,2-7,9-10H2,1H3,(H2,15,16)/t14-/m0/s1. The number of anilines is 1. The predicted molar refractivity (Wildman–Crippen MR) is 80.8 cm³/mol. The normalized spacial score (nSPS) is 27.9. The van der Waals surface area contributed by atoms with E-state index >= 15 is 0 Å². The number of aromatic nitrogens is 1. The number of nitrogen functional groups attached to an aromatic ring is 1. The van der Waals surface area contributed by atoms with Crippen molar-refractivity contribution in [1.82, 2.24) is 14.2 Å². The zero-order chi connectivity index (χ0) is 14.2. The molecule has 1 atom stereocenters. The Hall–Kier alpha value is -1.14. The average Bonchev–Trinajstić information content (AvgIpc) is 2.84. The second-order valence-corrected chi connectivity index (χ2v) is 6.91. The first-order chi connectivity index (χ1) is 9.60. The largest absolute Gasteiger partial charge is 0.382 e. The van der Waals surface area contributed by atoms with Crippen molar-refractivity contribution in [3.63, 3.8) is 0 Å². The zero-order valence-electron chi connectivity index (χ0n) is 12.0. The highest BCUT2D eigenvalue weighted by molar-refractivity contribution is 7.04. The summed E-state index contributed by atoms with van der Waals surface area (Å²) in [6.07, 6.45) is 4.80. The number of carbonyl (C=O) groups is 1. The van der Waals surface area contributed by atoms with Crippen molar-refractivity contribution in [2.75, 3.05) is 39.0 Å². The van der Waals surface area contributed by atoms with Crippen LogP contribution in [-0.2, 0) is 0 Å². The quantitative estimate of drug-likeness (QED) is 0.856. The van der Waals surface area contributed by atoms with Crippen molar-refractivity contribution in [2.24, 2.45) is 5.41 Å². The fraction of sp³-hybridized carbons (Fsp3) is 0.714. The molecule has 3 heterocycles. The molecule has 0 aromatic carbocycles. The third kappa shape index (κ3) is 2.54. The van der Waals surface area contributed by atoms with Crippen LogP contribution in [0.15, 0.2) is 5.38 Å². The first-order valence-corrected chi connectivity index (χ1v) is 8.11. The summed E-state index contributed by atoms with van der Waals surface area (Å²) in [5.74, 6) is 0.434. The minimum atomic E-state index is 0.0588. The Kier molecular flexibility index (Phi) is 3.69. The molecule has 0 bridgehead atoms. The van der Waals surface area contributed by atoms with Crippen LogP contribution in [0, 0.1) is 5.41 Å². The number of rotatable bonds is 1. The highest BCUT2D eigenvalue weighted by Gasteiger charge is 2.40. The van der Waals surface area contributed by atoms with Gasteiger partial charge in [-0.2, -0.15) is 4.37 Å². The first kappa shape index (κ1) is 13.8. The summed E-state index contributed by atoms with van der Waals surface area (Å²) >= 11 is 1.26. The third-order valence-electron chi connectivity index (χ3n) is 4.63. The molecule has 1 aromatic rings. The van der Waals surface area contributed by atoms with Crippen molar-refractivity contribution in [1.29, 1.82) is 0 Å². The van der Waals surface area contributed by atoms with E-state index in [0.29, 0.717) is 16.8 Å². The summed E-state index contributed by atoms with van der Waals surface area (Å²) in [7, 11) is 2.18. The van der Waals surface area contributed by atoms with E-state index in [9.17, 15) is 4.79 Å². The van der Waals surface area contributed by atoms with E-state index in [1.807, 2.05) is 4.90 Å². The molecule has 2 aliphatic rings. The maximum atomic E-state index is 12.6. The number of hydrogen-bond acceptors (Lipinski definition) is 5. The summed E-state index contributed by atoms with van der Waals surface area (Å²) < 4.78 is 4.01. The van der Waals surface area contributed by atoms with Crippen LogP contribution >= 0.6 is 11.5 Å². The molecule has 3 rings (SSSR count). The molecule has 2 fully saturated rings. The Bertz CT molecular complexity index is 499. The number of nitrogens with zero attached hydrogens (tertiary/aromatic N) is 3. The SMILES string of the molecule is CN1CCC[C@]2(CCCN(C(=O)c3csnc3N)C2)C1. The Morgan fingerprint density at radius 2 is 2.10 bits per heavy atom. The number of carbonyl (C=O) groups excluding carboxylic acids is 1. The minimum absolute atomic E-state index is 0.0588. The molecule has 1 amide bonds. The monoisotopic (exact) mass is 294 g/mol. The molecule has 110 valence electrons. The van der Waals surface area contributed by atoms with Gasteiger partial charge in [0.15, 0.2) is 0 Å². The van der Waals surface area contributed by atoms with Crippen molar-refractivity contribution < 1.29 is 4.79 Å². The molecular formula is C14H22N4OS. The van der Waals surface area contributed by atoms with E-state index in [2.05, 4.69) is 16.3 Å². The van der Waals surface area contributed by atoms with Crippen LogP contribution in [0.4, 0.5) is 5.82 Å². The Labute approximate surface area is 123 Å². The fourth-order valence-corrected chi connectivity index (χ4v) is 4.34. The Balaban J connectivity index is 1.75. The lowest BCUT2D eigenvalue weighted by molar-refractivity contribution is 0.0207. The summed E-state index contributed by atoms with van der Waals surface area (Å²) in [5.41, 5.74) is 6.65. The Morgan fingerprint density at radius 1 is 1.35 bits per heavy atom. The second kappa shape index (κ2) is 5.33. The van der Waals surface area contributed by atoms with E-state index in [-0.39, 0.29) is 5.91 Å². The molecule has 5 nitrogen and oxygen atoms in total. The summed E-state index contributed by atoms with van der Waals surface area (Å²) in [6, 6.07) is 0. The van der Waals surface area contributed by atoms with Gasteiger partial charge in [0, 0.05) is 30.4 Å². The van der Waals surface area contributed by atoms with Crippen LogP contribution in [0.25, 0.3) is 0 Å². The highest BCUT2D eigenvalue weighted by atomic mass is 32.1. The zero-order valence-corrected chi connectivity index (χ0v) is 12.8. The number of nitrogens with two attached hydrogens (primary N) is 1. The molecule has 20 heavy (non-hydrogen) atoms. The maximum Gasteiger partial charge on any atom is 0.258 e. The number of piperidine rings is 2. The van der Waals surface area contributed by atoms with Crippen LogP contribution in [0.5, 0.6) is 0 Å². The van der Waals surface area contributed by atoms with Gasteiger partial charge in [-0.15, -0.1) is 0 Å². The average molecular weight is 294 g/mol. The van der Waals surface area contributed by atoms with Crippen LogP contribution in [-0.4, -0.2) is 53.3 Å². The maximum absolute atomic E-state index is 12.6. The molecule has 0 saturated carbocycles. The lowest BCUT2D eigenvalue weighted by Crippen LogP contribution is -2.52. The molecule has 0 unspecified atom stereocenters. The first-order valence-electron chi connectivity index (χ1n) is 7.27. The summed E-state index contributed by atoms with van der Waals surface area (Å²) in [5, 5.41) is 1.77. The van der Waals surface area contributed by atoms with Crippen molar-refractivity contribution >= 4 is 23.3 Å². The van der Waals surface area contributed by atoms with Crippen molar-refractivity contribution in [3.05, 3.63) is 10.9 Å². The predicted octanol–water partition coefficient (Wildman–Crippen LogP) is 1.67. The van der Waals surface area contributed by atoms with Crippen LogP contribution in [0.2, 0.25) is 0 Å². The van der Waals surface area contributed by atoms with Gasteiger partial charge < -0.3 is 15.5 Å². The molecule has 1 aromatic heterocycles. The topological polar surface area (TPSA) is 62.5 Å². The van der Waals surface area contributed by atoms with Gasteiger partial charge in [0.25, 0.3) is 5.91 Å². The minimum Gasteiger partial charge on any atom is -0.382 e. The molecular weight excluding hydrogens is 272 g/mol. The van der Waals surface area contributed by atoms with E-state index in [0.717, 1.165) is 26.1 Å². The lowest BCUT2D eigenvalue weighted by Gasteiger charge is -2.47. The molecule has 0 aliphatic carbocycles. The molecule has 0 radical (unpaired) electrons. The van der Waals surface area contributed by atoms with Crippen LogP contribution in [0.1, 0.15) is 36.0 Å². The van der Waals surface area contributed by atoms with E-state index in [1.54, 1.807) is 5.38 Å². The third-order valence-corrected chi connectivity index (χ3v) is 5.27. The molecule has 1 spiro atoms. The highest BCUT2D eigenvalue weighted by Crippen LogP contribution is 2.38. The number of amides is 1. The van der Waals surface area contributed by atoms with E-state index < -0.39 is 0 Å². The van der Waals surface area contributed by atoms with Crippen LogP contribution in [0.3, 0.4) is 0 Å². The lowest BCUT2D eigenvalue weighted by atomic mass is 9.74.